The second-order valence-corrected chi connectivity index (χ2v) is 5.35. The fourth-order valence-corrected chi connectivity index (χ4v) is 2.70. The van der Waals surface area contributed by atoms with E-state index in [0.29, 0.717) is 10.4 Å². The number of nitro groups is 1. The van der Waals surface area contributed by atoms with Crippen LogP contribution in [0.25, 0.3) is 6.08 Å². The first-order chi connectivity index (χ1) is 10.4. The average Bonchev–Trinajstić information content (AvgIpc) is 2.91. The Balaban J connectivity index is 2.44. The molecule has 1 aromatic carbocycles. The summed E-state index contributed by atoms with van der Waals surface area (Å²) in [5.41, 5.74) is 0.466. The number of nitro benzene ring substituents is 1. The van der Waals surface area contributed by atoms with Crippen molar-refractivity contribution in [1.82, 2.24) is 0 Å². The van der Waals surface area contributed by atoms with Crippen LogP contribution in [-0.2, 0) is 0 Å². The number of hydrogen-bond donors (Lipinski definition) is 1. The maximum atomic E-state index is 12.3. The molecule has 110 valence electrons. The van der Waals surface area contributed by atoms with Gasteiger partial charge in [-0.2, -0.15) is 5.26 Å². The highest BCUT2D eigenvalue weighted by Gasteiger charge is 2.17. The second-order valence-electron chi connectivity index (χ2n) is 4.44. The number of phenolic OH excluding ortho intramolecular Hbond substituents is 1. The van der Waals surface area contributed by atoms with E-state index in [1.807, 2.05) is 6.07 Å². The van der Waals surface area contributed by atoms with Crippen LogP contribution in [-0.4, -0.2) is 15.8 Å². The van der Waals surface area contributed by atoms with Crippen LogP contribution < -0.4 is 0 Å². The van der Waals surface area contributed by atoms with Gasteiger partial charge in [-0.05, 0) is 41.6 Å². The molecule has 0 aliphatic heterocycles. The lowest BCUT2D eigenvalue weighted by Crippen LogP contribution is -2.01. The predicted octanol–water partition coefficient (Wildman–Crippen LogP) is 3.46. The Bertz CT molecular complexity index is 830. The summed E-state index contributed by atoms with van der Waals surface area (Å²) in [5, 5.41) is 31.1. The molecule has 6 nitrogen and oxygen atoms in total. The number of carbonyl (C=O) groups excluding carboxylic acids is 1. The number of ketones is 1. The molecule has 0 atom stereocenters. The lowest BCUT2D eigenvalue weighted by Gasteiger charge is -2.00. The highest BCUT2D eigenvalue weighted by molar-refractivity contribution is 7.12. The van der Waals surface area contributed by atoms with E-state index in [2.05, 4.69) is 0 Å². The largest absolute Gasteiger partial charge is 0.502 e. The molecule has 0 spiro atoms. The normalized spacial score (nSPS) is 11.0. The molecule has 1 aromatic heterocycles. The van der Waals surface area contributed by atoms with E-state index in [4.69, 9.17) is 5.26 Å². The number of rotatable bonds is 4. The van der Waals surface area contributed by atoms with Crippen LogP contribution in [0.4, 0.5) is 5.69 Å². The number of allylic oxidation sites excluding steroid dienone is 1. The predicted molar refractivity (Wildman–Crippen MR) is 81.7 cm³/mol. The number of thiophene rings is 1. The van der Waals surface area contributed by atoms with E-state index in [0.717, 1.165) is 17.7 Å². The third-order valence-corrected chi connectivity index (χ3v) is 3.96. The Morgan fingerprint density at radius 1 is 1.45 bits per heavy atom. The van der Waals surface area contributed by atoms with Gasteiger partial charge in [0.05, 0.1) is 9.80 Å². The Labute approximate surface area is 129 Å². The summed E-state index contributed by atoms with van der Waals surface area (Å²) >= 11 is 1.23. The molecule has 0 bridgehead atoms. The molecule has 0 fully saturated rings. The number of benzene rings is 1. The van der Waals surface area contributed by atoms with E-state index in [-0.39, 0.29) is 5.57 Å². The number of nitriles is 1. The van der Waals surface area contributed by atoms with Gasteiger partial charge in [0.1, 0.15) is 11.6 Å². The van der Waals surface area contributed by atoms with Crippen molar-refractivity contribution in [3.63, 3.8) is 0 Å². The molecular weight excluding hydrogens is 304 g/mol. The Kier molecular flexibility index (Phi) is 4.34. The standard InChI is InChI=1S/C15H10N2O4S/c1-9-4-5-22-15(9)14(19)11(8-16)6-10-2-3-13(18)12(7-10)17(20)21/h2-7,18H,1H3/b11-6+. The minimum atomic E-state index is -0.732. The van der Waals surface area contributed by atoms with Gasteiger partial charge in [-0.1, -0.05) is 6.07 Å². The Morgan fingerprint density at radius 2 is 2.18 bits per heavy atom. The Hall–Kier alpha value is -2.98. The van der Waals surface area contributed by atoms with Crippen LogP contribution in [0.5, 0.6) is 5.75 Å². The molecule has 1 N–H and O–H groups in total. The van der Waals surface area contributed by atoms with Gasteiger partial charge in [0.2, 0.25) is 5.78 Å². The minimum absolute atomic E-state index is 0.120. The second kappa shape index (κ2) is 6.20. The summed E-state index contributed by atoms with van der Waals surface area (Å²) in [7, 11) is 0. The zero-order valence-electron chi connectivity index (χ0n) is 11.4. The fraction of sp³-hybridized carbons (Fsp3) is 0.0667. The third kappa shape index (κ3) is 3.02. The van der Waals surface area contributed by atoms with E-state index in [1.165, 1.54) is 23.5 Å². The van der Waals surface area contributed by atoms with Crippen molar-refractivity contribution in [3.05, 3.63) is 61.3 Å². The summed E-state index contributed by atoms with van der Waals surface area (Å²) < 4.78 is 0. The number of carbonyl (C=O) groups is 1. The topological polar surface area (TPSA) is 104 Å². The quantitative estimate of drug-likeness (QED) is 0.306. The number of hydrogen-bond acceptors (Lipinski definition) is 6. The molecule has 1 heterocycles. The number of nitrogens with zero attached hydrogens (tertiary/aromatic N) is 2. The number of aryl methyl sites for hydroxylation is 1. The molecule has 2 rings (SSSR count). The molecule has 0 amide bonds. The van der Waals surface area contributed by atoms with Gasteiger partial charge < -0.3 is 5.11 Å². The zero-order chi connectivity index (χ0) is 16.3. The first-order valence-electron chi connectivity index (χ1n) is 6.12. The Morgan fingerprint density at radius 3 is 2.73 bits per heavy atom. The first kappa shape index (κ1) is 15.4. The van der Waals surface area contributed by atoms with Gasteiger partial charge in [-0.25, -0.2) is 0 Å². The summed E-state index contributed by atoms with van der Waals surface area (Å²) in [6.07, 6.45) is 1.27. The van der Waals surface area contributed by atoms with Crippen molar-refractivity contribution in [2.24, 2.45) is 0 Å². The summed E-state index contributed by atoms with van der Waals surface area (Å²) in [6, 6.07) is 7.25. The van der Waals surface area contributed by atoms with E-state index in [1.54, 1.807) is 18.4 Å². The maximum absolute atomic E-state index is 12.3. The molecule has 0 radical (unpaired) electrons. The van der Waals surface area contributed by atoms with Crippen LogP contribution >= 0.6 is 11.3 Å². The lowest BCUT2D eigenvalue weighted by molar-refractivity contribution is -0.385. The maximum Gasteiger partial charge on any atom is 0.311 e. The summed E-state index contributed by atoms with van der Waals surface area (Å²) in [4.78, 5) is 22.8. The van der Waals surface area contributed by atoms with Gasteiger partial charge in [0.25, 0.3) is 0 Å². The summed E-state index contributed by atoms with van der Waals surface area (Å²) in [5.74, 6) is -0.896. The molecular formula is C15H10N2O4S. The molecule has 0 aliphatic rings. The van der Waals surface area contributed by atoms with Crippen molar-refractivity contribution in [2.75, 3.05) is 0 Å². The van der Waals surface area contributed by atoms with E-state index in [9.17, 15) is 20.0 Å². The lowest BCUT2D eigenvalue weighted by atomic mass is 10.0. The highest BCUT2D eigenvalue weighted by atomic mass is 32.1. The van der Waals surface area contributed by atoms with Crippen molar-refractivity contribution < 1.29 is 14.8 Å². The van der Waals surface area contributed by atoms with Gasteiger partial charge in [0.15, 0.2) is 5.75 Å². The van der Waals surface area contributed by atoms with Crippen LogP contribution in [0.1, 0.15) is 20.8 Å². The van der Waals surface area contributed by atoms with E-state index >= 15 is 0 Å². The number of Topliss-reactive ketones (excluding diaryl/α,β-unsaturated/α-hetero) is 1. The van der Waals surface area contributed by atoms with Crippen LogP contribution in [0.15, 0.2) is 35.2 Å². The molecule has 0 unspecified atom stereocenters. The van der Waals surface area contributed by atoms with Crippen molar-refractivity contribution in [1.29, 1.82) is 5.26 Å². The highest BCUT2D eigenvalue weighted by Crippen LogP contribution is 2.28. The zero-order valence-corrected chi connectivity index (χ0v) is 12.3. The average molecular weight is 314 g/mol. The number of phenols is 1. The molecule has 2 aromatic rings. The van der Waals surface area contributed by atoms with Gasteiger partial charge in [-0.15, -0.1) is 11.3 Å². The van der Waals surface area contributed by atoms with E-state index < -0.39 is 22.1 Å². The number of aromatic hydroxyl groups is 1. The first-order valence-corrected chi connectivity index (χ1v) is 7.00. The van der Waals surface area contributed by atoms with Crippen LogP contribution in [0, 0.1) is 28.4 Å². The minimum Gasteiger partial charge on any atom is -0.502 e. The smallest absolute Gasteiger partial charge is 0.311 e. The SMILES string of the molecule is Cc1ccsc1C(=O)/C(C#N)=C/c1ccc(O)c([N+](=O)[O-])c1. The molecule has 22 heavy (non-hydrogen) atoms. The van der Waals surface area contributed by atoms with Crippen LogP contribution in [0.2, 0.25) is 0 Å². The monoisotopic (exact) mass is 314 g/mol. The molecule has 0 saturated carbocycles. The van der Waals surface area contributed by atoms with Crippen molar-refractivity contribution in [3.8, 4) is 11.8 Å². The van der Waals surface area contributed by atoms with Crippen molar-refractivity contribution >= 4 is 28.9 Å². The molecule has 0 aliphatic carbocycles. The van der Waals surface area contributed by atoms with Gasteiger partial charge in [0, 0.05) is 6.07 Å². The van der Waals surface area contributed by atoms with Gasteiger partial charge >= 0.3 is 5.69 Å². The van der Waals surface area contributed by atoms with Crippen LogP contribution in [0.3, 0.4) is 0 Å². The fourth-order valence-electron chi connectivity index (χ4n) is 1.82. The molecule has 7 heteroatoms. The summed E-state index contributed by atoms with van der Waals surface area (Å²) in [6.45, 7) is 1.77. The van der Waals surface area contributed by atoms with Gasteiger partial charge in [-0.3, -0.25) is 14.9 Å². The van der Waals surface area contributed by atoms with Crippen molar-refractivity contribution in [2.45, 2.75) is 6.92 Å². The molecule has 0 saturated heterocycles. The third-order valence-electron chi connectivity index (χ3n) is 2.94.